The topological polar surface area (TPSA) is 96.3 Å². The molecule has 0 saturated carbocycles. The lowest BCUT2D eigenvalue weighted by Crippen LogP contribution is -2.27. The number of benzene rings is 1. The molecule has 20 heavy (non-hydrogen) atoms. The number of sulfonamides is 1. The molecule has 6 nitrogen and oxygen atoms in total. The highest BCUT2D eigenvalue weighted by Crippen LogP contribution is 2.13. The Morgan fingerprint density at radius 1 is 1.45 bits per heavy atom. The molecular formula is C12H13ClN2O4S. The number of nitrogens with one attached hydrogen (secondary N) is 1. The highest BCUT2D eigenvalue weighted by Gasteiger charge is 2.15. The van der Waals surface area contributed by atoms with Crippen molar-refractivity contribution in [2.45, 2.75) is 24.3 Å². The molecule has 0 amide bonds. The van der Waals surface area contributed by atoms with Crippen molar-refractivity contribution in [3.8, 4) is 6.07 Å². The Kier molecular flexibility index (Phi) is 5.95. The molecule has 0 spiro atoms. The Balaban J connectivity index is 2.51. The van der Waals surface area contributed by atoms with Gasteiger partial charge in [-0.1, -0.05) is 11.6 Å². The molecule has 1 N–H and O–H groups in total. The van der Waals surface area contributed by atoms with Gasteiger partial charge in [0.1, 0.15) is 6.07 Å². The molecule has 0 aliphatic carbocycles. The monoisotopic (exact) mass is 316 g/mol. The van der Waals surface area contributed by atoms with Crippen LogP contribution in [-0.4, -0.2) is 27.0 Å². The van der Waals surface area contributed by atoms with Crippen molar-refractivity contribution in [3.05, 3.63) is 29.3 Å². The molecular weight excluding hydrogens is 304 g/mol. The minimum Gasteiger partial charge on any atom is -0.447 e. The summed E-state index contributed by atoms with van der Waals surface area (Å²) in [4.78, 5) is 11.3. The summed E-state index contributed by atoms with van der Waals surface area (Å²) in [5.74, 6) is -0.641. The number of halogens is 1. The minimum atomic E-state index is -3.69. The van der Waals surface area contributed by atoms with E-state index in [1.807, 2.05) is 0 Å². The fourth-order valence-electron chi connectivity index (χ4n) is 1.27. The van der Waals surface area contributed by atoms with Crippen LogP contribution < -0.4 is 4.72 Å². The summed E-state index contributed by atoms with van der Waals surface area (Å²) in [7, 11) is -3.69. The standard InChI is InChI=1S/C12H13ClN2O4S/c1-9(8-14)19-12(16)6-7-15-20(17,18)11-4-2-10(13)3-5-11/h2-5,9,15H,6-7H2,1H3/t9-/m0/s1. The number of carbonyl (C=O) groups is 1. The van der Waals surface area contributed by atoms with E-state index >= 15 is 0 Å². The van der Waals surface area contributed by atoms with E-state index in [2.05, 4.69) is 9.46 Å². The van der Waals surface area contributed by atoms with Crippen molar-refractivity contribution in [1.29, 1.82) is 5.26 Å². The molecule has 0 aromatic heterocycles. The zero-order valence-corrected chi connectivity index (χ0v) is 12.2. The lowest BCUT2D eigenvalue weighted by molar-refractivity contribution is -0.145. The van der Waals surface area contributed by atoms with Crippen LogP contribution in [0.2, 0.25) is 5.02 Å². The molecule has 0 fully saturated rings. The zero-order valence-electron chi connectivity index (χ0n) is 10.7. The summed E-state index contributed by atoms with van der Waals surface area (Å²) >= 11 is 5.67. The van der Waals surface area contributed by atoms with Crippen LogP contribution in [0.25, 0.3) is 0 Å². The third-order valence-electron chi connectivity index (χ3n) is 2.24. The number of nitriles is 1. The Labute approximate surface area is 122 Å². The average Bonchev–Trinajstić information content (AvgIpc) is 2.38. The molecule has 0 aliphatic rings. The van der Waals surface area contributed by atoms with Crippen LogP contribution in [-0.2, 0) is 19.6 Å². The van der Waals surface area contributed by atoms with E-state index in [4.69, 9.17) is 16.9 Å². The van der Waals surface area contributed by atoms with E-state index in [1.54, 1.807) is 6.07 Å². The second-order valence-corrected chi connectivity index (χ2v) is 6.07. The zero-order chi connectivity index (χ0) is 15.2. The van der Waals surface area contributed by atoms with E-state index in [0.29, 0.717) is 5.02 Å². The molecule has 0 saturated heterocycles. The predicted octanol–water partition coefficient (Wildman–Crippen LogP) is 1.46. The summed E-state index contributed by atoms with van der Waals surface area (Å²) in [6, 6.07) is 7.38. The van der Waals surface area contributed by atoms with Crippen LogP contribution in [0, 0.1) is 11.3 Å². The minimum absolute atomic E-state index is 0.0562. The first-order valence-corrected chi connectivity index (χ1v) is 7.55. The molecule has 0 radical (unpaired) electrons. The Bertz CT molecular complexity index is 607. The van der Waals surface area contributed by atoms with E-state index < -0.39 is 22.1 Å². The van der Waals surface area contributed by atoms with Crippen molar-refractivity contribution >= 4 is 27.6 Å². The molecule has 1 aromatic carbocycles. The largest absolute Gasteiger partial charge is 0.447 e. The van der Waals surface area contributed by atoms with E-state index in [1.165, 1.54) is 31.2 Å². The lowest BCUT2D eigenvalue weighted by atomic mass is 10.4. The van der Waals surface area contributed by atoms with Crippen molar-refractivity contribution in [3.63, 3.8) is 0 Å². The van der Waals surface area contributed by atoms with Gasteiger partial charge in [0, 0.05) is 11.6 Å². The van der Waals surface area contributed by atoms with Gasteiger partial charge in [-0.3, -0.25) is 4.79 Å². The molecule has 108 valence electrons. The fraction of sp³-hybridized carbons (Fsp3) is 0.333. The van der Waals surface area contributed by atoms with Crippen LogP contribution in [0.15, 0.2) is 29.2 Å². The van der Waals surface area contributed by atoms with Gasteiger partial charge in [0.25, 0.3) is 0 Å². The fourth-order valence-corrected chi connectivity index (χ4v) is 2.42. The van der Waals surface area contributed by atoms with Gasteiger partial charge in [-0.2, -0.15) is 5.26 Å². The van der Waals surface area contributed by atoms with Crippen molar-refractivity contribution in [2.24, 2.45) is 0 Å². The van der Waals surface area contributed by atoms with Crippen molar-refractivity contribution in [1.82, 2.24) is 4.72 Å². The van der Waals surface area contributed by atoms with Gasteiger partial charge < -0.3 is 4.74 Å². The van der Waals surface area contributed by atoms with E-state index in [9.17, 15) is 13.2 Å². The third kappa shape index (κ3) is 5.17. The predicted molar refractivity (Wildman–Crippen MR) is 72.4 cm³/mol. The van der Waals surface area contributed by atoms with Crippen LogP contribution in [0.1, 0.15) is 13.3 Å². The number of rotatable bonds is 6. The third-order valence-corrected chi connectivity index (χ3v) is 3.96. The highest BCUT2D eigenvalue weighted by molar-refractivity contribution is 7.89. The second-order valence-electron chi connectivity index (χ2n) is 3.86. The molecule has 0 aliphatic heterocycles. The normalized spacial score (nSPS) is 12.4. The van der Waals surface area contributed by atoms with Gasteiger partial charge in [0.05, 0.1) is 11.3 Å². The smallest absolute Gasteiger partial charge is 0.308 e. The quantitative estimate of drug-likeness (QED) is 0.801. The van der Waals surface area contributed by atoms with Crippen LogP contribution >= 0.6 is 11.6 Å². The first-order valence-electron chi connectivity index (χ1n) is 5.69. The Hall–Kier alpha value is -1.62. The number of esters is 1. The molecule has 1 aromatic rings. The maximum atomic E-state index is 11.8. The van der Waals surface area contributed by atoms with Gasteiger partial charge in [-0.25, -0.2) is 13.1 Å². The van der Waals surface area contributed by atoms with Crippen molar-refractivity contribution < 1.29 is 17.9 Å². The number of carbonyl (C=O) groups excluding carboxylic acids is 1. The number of hydrogen-bond acceptors (Lipinski definition) is 5. The molecule has 1 atom stereocenters. The van der Waals surface area contributed by atoms with Gasteiger partial charge >= 0.3 is 5.97 Å². The number of nitrogens with zero attached hydrogens (tertiary/aromatic N) is 1. The summed E-state index contributed by atoms with van der Waals surface area (Å²) in [6.07, 6.45) is -1.01. The van der Waals surface area contributed by atoms with E-state index in [0.717, 1.165) is 0 Å². The van der Waals surface area contributed by atoms with Gasteiger partial charge in [0.15, 0.2) is 6.10 Å². The van der Waals surface area contributed by atoms with Gasteiger partial charge in [-0.15, -0.1) is 0 Å². The summed E-state index contributed by atoms with van der Waals surface area (Å²) in [5.41, 5.74) is 0. The molecule has 8 heteroatoms. The van der Waals surface area contributed by atoms with Crippen LogP contribution in [0.5, 0.6) is 0 Å². The average molecular weight is 317 g/mol. The van der Waals surface area contributed by atoms with Gasteiger partial charge in [0.2, 0.25) is 10.0 Å². The molecule has 0 unspecified atom stereocenters. The van der Waals surface area contributed by atoms with E-state index in [-0.39, 0.29) is 17.9 Å². The maximum Gasteiger partial charge on any atom is 0.308 e. The summed E-state index contributed by atoms with van der Waals surface area (Å²) in [6.45, 7) is 1.32. The Morgan fingerprint density at radius 2 is 2.05 bits per heavy atom. The Morgan fingerprint density at radius 3 is 2.60 bits per heavy atom. The van der Waals surface area contributed by atoms with Crippen molar-refractivity contribution in [2.75, 3.05) is 6.54 Å². The lowest BCUT2D eigenvalue weighted by Gasteiger charge is -2.08. The molecule has 0 bridgehead atoms. The summed E-state index contributed by atoms with van der Waals surface area (Å²) in [5, 5.41) is 8.89. The number of ether oxygens (including phenoxy) is 1. The number of hydrogen-bond donors (Lipinski definition) is 1. The van der Waals surface area contributed by atoms with Gasteiger partial charge in [-0.05, 0) is 31.2 Å². The SMILES string of the molecule is C[C@@H](C#N)OC(=O)CCNS(=O)(=O)c1ccc(Cl)cc1. The summed E-state index contributed by atoms with van der Waals surface area (Å²) < 4.78 is 30.6. The van der Waals surface area contributed by atoms with Crippen LogP contribution in [0.4, 0.5) is 0 Å². The molecule has 0 heterocycles. The second kappa shape index (κ2) is 7.24. The maximum absolute atomic E-state index is 11.8. The first kappa shape index (κ1) is 16.4. The van der Waals surface area contributed by atoms with Crippen LogP contribution in [0.3, 0.4) is 0 Å². The highest BCUT2D eigenvalue weighted by atomic mass is 35.5. The first-order chi connectivity index (χ1) is 9.35. The molecule has 1 rings (SSSR count).